The van der Waals surface area contributed by atoms with Crippen molar-refractivity contribution >= 4 is 27.3 Å². The van der Waals surface area contributed by atoms with Crippen molar-refractivity contribution in [2.75, 3.05) is 31.1 Å². The summed E-state index contributed by atoms with van der Waals surface area (Å²) in [5, 5.41) is 3.41. The molecule has 1 aliphatic rings. The summed E-state index contributed by atoms with van der Waals surface area (Å²) in [6.07, 6.45) is 3.62. The normalized spacial score (nSPS) is 12.3. The highest BCUT2D eigenvalue weighted by atomic mass is 79.9. The summed E-state index contributed by atoms with van der Waals surface area (Å²) in [5.74, 6) is 1.56. The Morgan fingerprint density at radius 2 is 2.05 bits per heavy atom. The number of anilines is 2. The van der Waals surface area contributed by atoms with Crippen LogP contribution in [0.3, 0.4) is 0 Å². The Labute approximate surface area is 132 Å². The van der Waals surface area contributed by atoms with Gasteiger partial charge in [-0.2, -0.15) is 0 Å². The molecule has 3 rings (SSSR count). The summed E-state index contributed by atoms with van der Waals surface area (Å²) >= 11 is 3.57. The molecule has 0 atom stereocenters. The number of nitrogens with zero attached hydrogens (tertiary/aromatic N) is 2. The average Bonchev–Trinajstić information content (AvgIpc) is 2.92. The predicted octanol–water partition coefficient (Wildman–Crippen LogP) is 3.25. The van der Waals surface area contributed by atoms with E-state index in [4.69, 9.17) is 9.47 Å². The Kier molecular flexibility index (Phi) is 3.88. The average molecular weight is 350 g/mol. The molecule has 21 heavy (non-hydrogen) atoms. The number of nitrogens with one attached hydrogen (secondary N) is 1. The van der Waals surface area contributed by atoms with Gasteiger partial charge in [0.05, 0.1) is 17.6 Å². The van der Waals surface area contributed by atoms with Gasteiger partial charge in [0, 0.05) is 31.3 Å². The van der Waals surface area contributed by atoms with Gasteiger partial charge < -0.3 is 19.7 Å². The molecule has 1 aromatic carbocycles. The van der Waals surface area contributed by atoms with Crippen molar-refractivity contribution in [1.29, 1.82) is 0 Å². The molecule has 1 N–H and O–H groups in total. The second-order valence-electron chi connectivity index (χ2n) is 4.94. The quantitative estimate of drug-likeness (QED) is 0.917. The van der Waals surface area contributed by atoms with Crippen molar-refractivity contribution in [3.8, 4) is 11.5 Å². The third-order valence-electron chi connectivity index (χ3n) is 3.29. The monoisotopic (exact) mass is 349 g/mol. The van der Waals surface area contributed by atoms with Crippen molar-refractivity contribution in [2.45, 2.75) is 6.54 Å². The highest BCUT2D eigenvalue weighted by Crippen LogP contribution is 2.37. The van der Waals surface area contributed by atoms with Gasteiger partial charge in [-0.25, -0.2) is 0 Å². The van der Waals surface area contributed by atoms with Crippen LogP contribution < -0.4 is 19.7 Å². The second kappa shape index (κ2) is 5.81. The van der Waals surface area contributed by atoms with Crippen LogP contribution in [0.5, 0.6) is 11.5 Å². The van der Waals surface area contributed by atoms with Gasteiger partial charge in [-0.1, -0.05) is 15.9 Å². The second-order valence-corrected chi connectivity index (χ2v) is 5.79. The molecule has 6 heteroatoms. The number of hydrogen-bond acceptors (Lipinski definition) is 5. The van der Waals surface area contributed by atoms with Crippen molar-refractivity contribution in [2.24, 2.45) is 0 Å². The number of halogens is 1. The first-order chi connectivity index (χ1) is 10.1. The topological polar surface area (TPSA) is 46.6 Å². The fourth-order valence-electron chi connectivity index (χ4n) is 2.20. The molecule has 0 saturated heterocycles. The molecular formula is C15H16BrN3O2. The summed E-state index contributed by atoms with van der Waals surface area (Å²) in [5.41, 5.74) is 3.20. The third-order valence-corrected chi connectivity index (χ3v) is 4.03. The van der Waals surface area contributed by atoms with Gasteiger partial charge in [-0.05, 0) is 23.8 Å². The van der Waals surface area contributed by atoms with Crippen LogP contribution in [0.4, 0.5) is 11.4 Å². The van der Waals surface area contributed by atoms with Gasteiger partial charge in [0.15, 0.2) is 11.5 Å². The maximum atomic E-state index is 5.42. The first kappa shape index (κ1) is 14.0. The minimum Gasteiger partial charge on any atom is -0.454 e. The lowest BCUT2D eigenvalue weighted by molar-refractivity contribution is 0.174. The molecule has 1 aliphatic heterocycles. The van der Waals surface area contributed by atoms with Crippen LogP contribution in [0.1, 0.15) is 5.56 Å². The van der Waals surface area contributed by atoms with E-state index in [1.54, 1.807) is 6.20 Å². The Bertz CT molecular complexity index is 661. The van der Waals surface area contributed by atoms with E-state index in [1.807, 2.05) is 38.5 Å². The minimum absolute atomic E-state index is 0.284. The largest absolute Gasteiger partial charge is 0.454 e. The van der Waals surface area contributed by atoms with Crippen molar-refractivity contribution < 1.29 is 9.47 Å². The minimum atomic E-state index is 0.284. The molecule has 1 aromatic heterocycles. The third kappa shape index (κ3) is 2.90. The molecule has 2 heterocycles. The molecule has 2 aromatic rings. The first-order valence-corrected chi connectivity index (χ1v) is 7.37. The molecule has 0 amide bonds. The highest BCUT2D eigenvalue weighted by Gasteiger charge is 2.16. The van der Waals surface area contributed by atoms with Gasteiger partial charge in [-0.15, -0.1) is 0 Å². The highest BCUT2D eigenvalue weighted by molar-refractivity contribution is 9.10. The number of hydrogen-bond donors (Lipinski definition) is 1. The lowest BCUT2D eigenvalue weighted by Gasteiger charge is -2.18. The summed E-state index contributed by atoms with van der Waals surface area (Å²) in [7, 11) is 4.02. The number of aromatic nitrogens is 1. The smallest absolute Gasteiger partial charge is 0.231 e. The molecule has 0 aliphatic carbocycles. The maximum Gasteiger partial charge on any atom is 0.231 e. The van der Waals surface area contributed by atoms with Crippen LogP contribution in [0.25, 0.3) is 0 Å². The van der Waals surface area contributed by atoms with E-state index in [-0.39, 0.29) is 6.79 Å². The van der Waals surface area contributed by atoms with E-state index >= 15 is 0 Å². The number of fused-ring (bicyclic) bond motifs is 1. The van der Waals surface area contributed by atoms with Crippen LogP contribution in [-0.2, 0) is 6.54 Å². The van der Waals surface area contributed by atoms with Crippen LogP contribution in [0.2, 0.25) is 0 Å². The van der Waals surface area contributed by atoms with Crippen molar-refractivity contribution in [3.05, 3.63) is 40.6 Å². The fraction of sp³-hybridized carbons (Fsp3) is 0.267. The summed E-state index contributed by atoms with van der Waals surface area (Å²) in [6, 6.07) is 5.91. The van der Waals surface area contributed by atoms with Gasteiger partial charge in [0.1, 0.15) is 0 Å². The van der Waals surface area contributed by atoms with E-state index in [9.17, 15) is 0 Å². The zero-order valence-electron chi connectivity index (χ0n) is 11.9. The zero-order chi connectivity index (χ0) is 14.8. The SMILES string of the molecule is CN(C)c1ccncc1NCc1cc2c(cc1Br)OCO2. The Morgan fingerprint density at radius 3 is 2.81 bits per heavy atom. The standard InChI is InChI=1S/C15H16BrN3O2/c1-19(2)13-3-4-17-8-12(13)18-7-10-5-14-15(6-11(10)16)21-9-20-14/h3-6,8,18H,7,9H2,1-2H3. The lowest BCUT2D eigenvalue weighted by atomic mass is 10.2. The van der Waals surface area contributed by atoms with Gasteiger partial charge in [-0.3, -0.25) is 4.98 Å². The van der Waals surface area contributed by atoms with Crippen LogP contribution in [0.15, 0.2) is 35.1 Å². The van der Waals surface area contributed by atoms with E-state index in [0.29, 0.717) is 6.54 Å². The molecule has 0 fully saturated rings. The van der Waals surface area contributed by atoms with E-state index < -0.39 is 0 Å². The summed E-state index contributed by atoms with van der Waals surface area (Å²) in [4.78, 5) is 6.23. The zero-order valence-corrected chi connectivity index (χ0v) is 13.5. The molecule has 0 unspecified atom stereocenters. The Balaban J connectivity index is 1.80. The summed E-state index contributed by atoms with van der Waals surface area (Å²) < 4.78 is 11.8. The van der Waals surface area contributed by atoms with Crippen molar-refractivity contribution in [1.82, 2.24) is 4.98 Å². The number of ether oxygens (including phenoxy) is 2. The van der Waals surface area contributed by atoms with Crippen molar-refractivity contribution in [3.63, 3.8) is 0 Å². The molecular weight excluding hydrogens is 334 g/mol. The van der Waals surface area contributed by atoms with Gasteiger partial charge >= 0.3 is 0 Å². The predicted molar refractivity (Wildman–Crippen MR) is 86.2 cm³/mol. The maximum absolute atomic E-state index is 5.42. The molecule has 110 valence electrons. The number of benzene rings is 1. The molecule has 0 radical (unpaired) electrons. The van der Waals surface area contributed by atoms with Crippen LogP contribution >= 0.6 is 15.9 Å². The molecule has 0 saturated carbocycles. The Hall–Kier alpha value is -1.95. The van der Waals surface area contributed by atoms with Crippen LogP contribution in [-0.4, -0.2) is 25.9 Å². The first-order valence-electron chi connectivity index (χ1n) is 6.58. The van der Waals surface area contributed by atoms with E-state index in [2.05, 4.69) is 31.1 Å². The number of rotatable bonds is 4. The molecule has 0 spiro atoms. The van der Waals surface area contributed by atoms with Gasteiger partial charge in [0.2, 0.25) is 6.79 Å². The fourth-order valence-corrected chi connectivity index (χ4v) is 2.66. The van der Waals surface area contributed by atoms with E-state index in [0.717, 1.165) is 32.9 Å². The van der Waals surface area contributed by atoms with Gasteiger partial charge in [0.25, 0.3) is 0 Å². The number of pyridine rings is 1. The summed E-state index contributed by atoms with van der Waals surface area (Å²) in [6.45, 7) is 0.954. The van der Waals surface area contributed by atoms with E-state index in [1.165, 1.54) is 0 Å². The molecule has 0 bridgehead atoms. The van der Waals surface area contributed by atoms with Crippen LogP contribution in [0, 0.1) is 0 Å². The lowest BCUT2D eigenvalue weighted by Crippen LogP contribution is -2.12. The molecule has 5 nitrogen and oxygen atoms in total. The Morgan fingerprint density at radius 1 is 1.29 bits per heavy atom.